The van der Waals surface area contributed by atoms with Crippen LogP contribution in [0.3, 0.4) is 0 Å². The van der Waals surface area contributed by atoms with Crippen LogP contribution in [0.4, 0.5) is 0 Å². The van der Waals surface area contributed by atoms with Crippen LogP contribution in [0.15, 0.2) is 28.2 Å². The first-order valence-corrected chi connectivity index (χ1v) is 6.50. The zero-order valence-corrected chi connectivity index (χ0v) is 11.7. The van der Waals surface area contributed by atoms with Crippen LogP contribution in [0.25, 0.3) is 6.08 Å². The topological polar surface area (TPSA) is 12.0 Å². The van der Waals surface area contributed by atoms with Crippen molar-refractivity contribution in [1.29, 1.82) is 0 Å². The lowest BCUT2D eigenvalue weighted by Gasteiger charge is -2.30. The van der Waals surface area contributed by atoms with E-state index in [0.717, 1.165) is 17.3 Å². The summed E-state index contributed by atoms with van der Waals surface area (Å²) in [5.41, 5.74) is 4.40. The maximum Gasteiger partial charge on any atom is 0.0337 e. The van der Waals surface area contributed by atoms with Gasteiger partial charge < -0.3 is 5.32 Å². The van der Waals surface area contributed by atoms with Crippen LogP contribution in [0.1, 0.15) is 31.4 Å². The first kappa shape index (κ1) is 11.9. The van der Waals surface area contributed by atoms with Gasteiger partial charge in [0.25, 0.3) is 0 Å². The second-order valence-electron chi connectivity index (χ2n) is 4.89. The molecule has 0 amide bonds. The predicted molar refractivity (Wildman–Crippen MR) is 73.6 cm³/mol. The third-order valence-corrected chi connectivity index (χ3v) is 4.02. The van der Waals surface area contributed by atoms with E-state index >= 15 is 0 Å². The van der Waals surface area contributed by atoms with E-state index in [9.17, 15) is 0 Å². The molecule has 0 atom stereocenters. The molecule has 1 aromatic rings. The third-order valence-electron chi connectivity index (χ3n) is 3.53. The Bertz CT molecular complexity index is 432. The fourth-order valence-corrected chi connectivity index (χ4v) is 2.49. The van der Waals surface area contributed by atoms with Crippen molar-refractivity contribution < 1.29 is 0 Å². The van der Waals surface area contributed by atoms with Gasteiger partial charge in [-0.15, -0.1) is 0 Å². The largest absolute Gasteiger partial charge is 0.311 e. The van der Waals surface area contributed by atoms with E-state index < -0.39 is 0 Å². The summed E-state index contributed by atoms with van der Waals surface area (Å²) in [4.78, 5) is 0. The van der Waals surface area contributed by atoms with Crippen molar-refractivity contribution in [2.75, 3.05) is 7.05 Å². The molecule has 0 saturated carbocycles. The highest BCUT2D eigenvalue weighted by Gasteiger charge is 2.23. The van der Waals surface area contributed by atoms with E-state index in [0.29, 0.717) is 0 Å². The Hall–Kier alpha value is -0.600. The first-order chi connectivity index (χ1) is 7.53. The van der Waals surface area contributed by atoms with Gasteiger partial charge in [-0.3, -0.25) is 0 Å². The van der Waals surface area contributed by atoms with Crippen molar-refractivity contribution in [2.45, 2.75) is 32.2 Å². The molecule has 0 radical (unpaired) electrons. The summed E-state index contributed by atoms with van der Waals surface area (Å²) in [5.74, 6) is 0. The van der Waals surface area contributed by atoms with Gasteiger partial charge in [0, 0.05) is 10.0 Å². The highest BCUT2D eigenvalue weighted by atomic mass is 79.9. The lowest BCUT2D eigenvalue weighted by molar-refractivity contribution is 0.481. The van der Waals surface area contributed by atoms with Gasteiger partial charge in [0.2, 0.25) is 0 Å². The van der Waals surface area contributed by atoms with Crippen molar-refractivity contribution in [1.82, 2.24) is 5.32 Å². The lowest BCUT2D eigenvalue weighted by atomic mass is 9.83. The Labute approximate surface area is 106 Å². The third kappa shape index (κ3) is 2.23. The molecule has 1 nitrogen and oxygen atoms in total. The van der Waals surface area contributed by atoms with E-state index in [1.165, 1.54) is 16.7 Å². The fraction of sp³-hybridized carbons (Fsp3) is 0.429. The molecule has 2 heteroatoms. The molecule has 0 unspecified atom stereocenters. The molecule has 0 aromatic heterocycles. The van der Waals surface area contributed by atoms with E-state index in [2.05, 4.69) is 59.4 Å². The van der Waals surface area contributed by atoms with Gasteiger partial charge in [-0.2, -0.15) is 0 Å². The van der Waals surface area contributed by atoms with Crippen molar-refractivity contribution >= 4 is 22.0 Å². The van der Waals surface area contributed by atoms with Crippen LogP contribution in [-0.4, -0.2) is 12.6 Å². The lowest BCUT2D eigenvalue weighted by Crippen LogP contribution is -2.38. The van der Waals surface area contributed by atoms with Crippen molar-refractivity contribution in [2.24, 2.45) is 0 Å². The van der Waals surface area contributed by atoms with Crippen LogP contribution >= 0.6 is 15.9 Å². The molecule has 1 aliphatic rings. The molecular weight excluding hydrogens is 262 g/mol. The van der Waals surface area contributed by atoms with Crippen LogP contribution < -0.4 is 5.32 Å². The zero-order valence-electron chi connectivity index (χ0n) is 10.1. The molecule has 1 N–H and O–H groups in total. The van der Waals surface area contributed by atoms with Crippen LogP contribution in [-0.2, 0) is 6.42 Å². The van der Waals surface area contributed by atoms with E-state index in [4.69, 9.17) is 0 Å². The normalized spacial score (nSPS) is 15.6. The van der Waals surface area contributed by atoms with Gasteiger partial charge in [-0.25, -0.2) is 0 Å². The highest BCUT2D eigenvalue weighted by Crippen LogP contribution is 2.31. The molecule has 0 fully saturated rings. The SMILES string of the molecule is CNC(C)(C)C1=Cc2cc(Br)ccc2CC1. The summed E-state index contributed by atoms with van der Waals surface area (Å²) in [6, 6.07) is 6.56. The standard InChI is InChI=1S/C14H18BrN/c1-14(2,16-3)12-6-4-10-5-7-13(15)9-11(10)8-12/h5,7-9,16H,4,6H2,1-3H3. The monoisotopic (exact) mass is 279 g/mol. The molecule has 0 bridgehead atoms. The van der Waals surface area contributed by atoms with Crippen LogP contribution in [0.5, 0.6) is 0 Å². The number of likely N-dealkylation sites (N-methyl/N-ethyl adjacent to an activating group) is 1. The van der Waals surface area contributed by atoms with Gasteiger partial charge in [0.05, 0.1) is 0 Å². The average Bonchev–Trinajstić information content (AvgIpc) is 2.28. The zero-order chi connectivity index (χ0) is 11.8. The van der Waals surface area contributed by atoms with Crippen LogP contribution in [0.2, 0.25) is 0 Å². The number of fused-ring (bicyclic) bond motifs is 1. The smallest absolute Gasteiger partial charge is 0.0337 e. The van der Waals surface area contributed by atoms with Gasteiger partial charge in [-0.1, -0.05) is 28.1 Å². The van der Waals surface area contributed by atoms with Gasteiger partial charge in [0.15, 0.2) is 0 Å². The molecule has 0 aliphatic heterocycles. The minimum Gasteiger partial charge on any atom is -0.311 e. The van der Waals surface area contributed by atoms with Crippen molar-refractivity contribution in [3.05, 3.63) is 39.4 Å². The number of halogens is 1. The minimum absolute atomic E-state index is 0.0972. The molecule has 0 spiro atoms. The number of nitrogens with one attached hydrogen (secondary N) is 1. The summed E-state index contributed by atoms with van der Waals surface area (Å²) >= 11 is 3.53. The second-order valence-corrected chi connectivity index (χ2v) is 5.80. The summed E-state index contributed by atoms with van der Waals surface area (Å²) in [6.45, 7) is 4.48. The number of hydrogen-bond donors (Lipinski definition) is 1. The predicted octanol–water partition coefficient (Wildman–Crippen LogP) is 3.78. The quantitative estimate of drug-likeness (QED) is 0.869. The van der Waals surface area contributed by atoms with Crippen molar-refractivity contribution in [3.8, 4) is 0 Å². The van der Waals surface area contributed by atoms with Gasteiger partial charge in [0.1, 0.15) is 0 Å². The average molecular weight is 280 g/mol. The minimum atomic E-state index is 0.0972. The molecule has 0 saturated heterocycles. The number of hydrogen-bond acceptors (Lipinski definition) is 1. The molecule has 86 valence electrons. The van der Waals surface area contributed by atoms with Crippen LogP contribution in [0, 0.1) is 0 Å². The Kier molecular flexibility index (Phi) is 3.22. The Morgan fingerprint density at radius 3 is 2.69 bits per heavy atom. The maximum atomic E-state index is 3.53. The summed E-state index contributed by atoms with van der Waals surface area (Å²) in [7, 11) is 2.03. The van der Waals surface area contributed by atoms with E-state index in [1.54, 1.807) is 0 Å². The summed E-state index contributed by atoms with van der Waals surface area (Å²) in [5, 5.41) is 3.38. The molecule has 0 heterocycles. The van der Waals surface area contributed by atoms with E-state index in [-0.39, 0.29) is 5.54 Å². The summed E-state index contributed by atoms with van der Waals surface area (Å²) < 4.78 is 1.16. The molecule has 2 rings (SSSR count). The molecule has 16 heavy (non-hydrogen) atoms. The Morgan fingerprint density at radius 1 is 1.25 bits per heavy atom. The van der Waals surface area contributed by atoms with Gasteiger partial charge in [-0.05, 0) is 62.6 Å². The molecule has 1 aliphatic carbocycles. The highest BCUT2D eigenvalue weighted by molar-refractivity contribution is 9.10. The number of benzene rings is 1. The van der Waals surface area contributed by atoms with Crippen molar-refractivity contribution in [3.63, 3.8) is 0 Å². The van der Waals surface area contributed by atoms with Gasteiger partial charge >= 0.3 is 0 Å². The second kappa shape index (κ2) is 4.34. The number of rotatable bonds is 2. The maximum absolute atomic E-state index is 3.53. The Balaban J connectivity index is 2.41. The number of aryl methyl sites for hydroxylation is 1. The fourth-order valence-electron chi connectivity index (χ4n) is 2.11. The Morgan fingerprint density at radius 2 is 2.00 bits per heavy atom. The molecular formula is C14H18BrN. The molecule has 1 aromatic carbocycles. The first-order valence-electron chi connectivity index (χ1n) is 5.71. The van der Waals surface area contributed by atoms with E-state index in [1.807, 2.05) is 7.05 Å². The summed E-state index contributed by atoms with van der Waals surface area (Å²) in [6.07, 6.45) is 4.64.